The number of fused-ring (bicyclic) bond motifs is 2. The van der Waals surface area contributed by atoms with Crippen molar-refractivity contribution in [2.75, 3.05) is 13.7 Å². The normalized spacial score (nSPS) is 11.6. The van der Waals surface area contributed by atoms with Gasteiger partial charge in [0.2, 0.25) is 0 Å². The van der Waals surface area contributed by atoms with E-state index in [1.807, 2.05) is 19.1 Å². The molecule has 1 amide bonds. The molecule has 3 heterocycles. The SMILES string of the molecule is COCCCn1c(=NC(=O)c2cccc([N+](=O)[O-])c2)c(C#N)cc2c(=O)n3cccc(C)c3nc21. The van der Waals surface area contributed by atoms with Crippen LogP contribution in [0.1, 0.15) is 27.9 Å². The zero-order valence-corrected chi connectivity index (χ0v) is 19.0. The van der Waals surface area contributed by atoms with Crippen molar-refractivity contribution in [3.63, 3.8) is 0 Å². The number of nitro groups is 1. The molecule has 35 heavy (non-hydrogen) atoms. The molecule has 0 aliphatic carbocycles. The van der Waals surface area contributed by atoms with Crippen molar-refractivity contribution in [3.8, 4) is 6.07 Å². The fourth-order valence-electron chi connectivity index (χ4n) is 3.78. The molecule has 0 N–H and O–H groups in total. The second-order valence-corrected chi connectivity index (χ2v) is 7.75. The second kappa shape index (κ2) is 9.66. The zero-order chi connectivity index (χ0) is 25.1. The van der Waals surface area contributed by atoms with Gasteiger partial charge in [-0.15, -0.1) is 0 Å². The third-order valence-corrected chi connectivity index (χ3v) is 5.47. The molecule has 0 spiro atoms. The maximum absolute atomic E-state index is 13.3. The van der Waals surface area contributed by atoms with Crippen LogP contribution in [0, 0.1) is 28.4 Å². The van der Waals surface area contributed by atoms with E-state index in [-0.39, 0.29) is 45.4 Å². The Hall–Kier alpha value is -4.69. The number of carbonyl (C=O) groups is 1. The molecular weight excluding hydrogens is 452 g/mol. The number of pyridine rings is 2. The van der Waals surface area contributed by atoms with E-state index in [1.54, 1.807) is 23.9 Å². The molecule has 176 valence electrons. The topological polar surface area (TPSA) is 145 Å². The number of non-ortho nitro benzene ring substituents is 1. The summed E-state index contributed by atoms with van der Waals surface area (Å²) in [6.45, 7) is 2.47. The summed E-state index contributed by atoms with van der Waals surface area (Å²) < 4.78 is 8.10. The van der Waals surface area contributed by atoms with Gasteiger partial charge in [-0.25, -0.2) is 4.98 Å². The van der Waals surface area contributed by atoms with E-state index in [0.29, 0.717) is 18.7 Å². The molecule has 0 saturated heterocycles. The molecular formula is C24H20N6O5. The molecule has 0 aliphatic heterocycles. The van der Waals surface area contributed by atoms with Crippen LogP contribution in [0.2, 0.25) is 0 Å². The summed E-state index contributed by atoms with van der Waals surface area (Å²) in [6, 6.07) is 12.1. The lowest BCUT2D eigenvalue weighted by atomic mass is 10.2. The first-order valence-corrected chi connectivity index (χ1v) is 10.6. The average molecular weight is 472 g/mol. The van der Waals surface area contributed by atoms with E-state index in [0.717, 1.165) is 11.6 Å². The van der Waals surface area contributed by atoms with Crippen molar-refractivity contribution in [2.45, 2.75) is 19.9 Å². The molecule has 0 radical (unpaired) electrons. The van der Waals surface area contributed by atoms with Gasteiger partial charge in [-0.1, -0.05) is 12.1 Å². The smallest absolute Gasteiger partial charge is 0.279 e. The predicted octanol–water partition coefficient (Wildman–Crippen LogP) is 2.52. The lowest BCUT2D eigenvalue weighted by Gasteiger charge is -2.14. The van der Waals surface area contributed by atoms with Crippen LogP contribution in [0.5, 0.6) is 0 Å². The minimum absolute atomic E-state index is 0.000186. The van der Waals surface area contributed by atoms with Gasteiger partial charge in [-0.2, -0.15) is 10.3 Å². The van der Waals surface area contributed by atoms with Crippen molar-refractivity contribution >= 4 is 28.3 Å². The number of aromatic nitrogens is 3. The van der Waals surface area contributed by atoms with Gasteiger partial charge in [0.15, 0.2) is 5.49 Å². The second-order valence-electron chi connectivity index (χ2n) is 7.75. The lowest BCUT2D eigenvalue weighted by Crippen LogP contribution is -2.30. The summed E-state index contributed by atoms with van der Waals surface area (Å²) in [6.07, 6.45) is 2.09. The summed E-state index contributed by atoms with van der Waals surface area (Å²) in [5.41, 5.74) is 0.866. The summed E-state index contributed by atoms with van der Waals surface area (Å²) in [5.74, 6) is -0.765. The summed E-state index contributed by atoms with van der Waals surface area (Å²) in [4.78, 5) is 45.6. The monoisotopic (exact) mass is 472 g/mol. The number of ether oxygens (including phenoxy) is 1. The van der Waals surface area contributed by atoms with Gasteiger partial charge in [0.25, 0.3) is 17.2 Å². The highest BCUT2D eigenvalue weighted by Gasteiger charge is 2.17. The van der Waals surface area contributed by atoms with Crippen molar-refractivity contribution in [1.29, 1.82) is 5.26 Å². The number of hydrogen-bond donors (Lipinski definition) is 0. The van der Waals surface area contributed by atoms with Crippen LogP contribution in [0.25, 0.3) is 16.7 Å². The maximum Gasteiger partial charge on any atom is 0.279 e. The van der Waals surface area contributed by atoms with Crippen molar-refractivity contribution in [2.24, 2.45) is 4.99 Å². The Morgan fingerprint density at radius 1 is 1.26 bits per heavy atom. The number of carbonyl (C=O) groups excluding carboxylic acids is 1. The van der Waals surface area contributed by atoms with Crippen LogP contribution in [-0.4, -0.2) is 38.5 Å². The number of methoxy groups -OCH3 is 1. The number of nitro benzene ring substituents is 1. The first kappa shape index (κ1) is 23.5. The van der Waals surface area contributed by atoms with Gasteiger partial charge in [0, 0.05) is 44.2 Å². The summed E-state index contributed by atoms with van der Waals surface area (Å²) in [7, 11) is 1.55. The van der Waals surface area contributed by atoms with Gasteiger partial charge in [-0.3, -0.25) is 24.1 Å². The lowest BCUT2D eigenvalue weighted by molar-refractivity contribution is -0.384. The van der Waals surface area contributed by atoms with E-state index in [4.69, 9.17) is 4.74 Å². The molecule has 3 aromatic heterocycles. The van der Waals surface area contributed by atoms with Gasteiger partial charge in [0.05, 0.1) is 15.9 Å². The van der Waals surface area contributed by atoms with Crippen LogP contribution in [-0.2, 0) is 11.3 Å². The minimum Gasteiger partial charge on any atom is -0.385 e. The highest BCUT2D eigenvalue weighted by molar-refractivity contribution is 5.95. The quantitative estimate of drug-likeness (QED) is 0.181. The van der Waals surface area contributed by atoms with E-state index in [9.17, 15) is 25.0 Å². The van der Waals surface area contributed by atoms with E-state index < -0.39 is 10.8 Å². The first-order valence-electron chi connectivity index (χ1n) is 10.6. The van der Waals surface area contributed by atoms with Crippen LogP contribution in [0.3, 0.4) is 0 Å². The first-order chi connectivity index (χ1) is 16.8. The largest absolute Gasteiger partial charge is 0.385 e. The Kier molecular flexibility index (Phi) is 6.48. The summed E-state index contributed by atoms with van der Waals surface area (Å²) in [5, 5.41) is 21.2. The van der Waals surface area contributed by atoms with E-state index >= 15 is 0 Å². The van der Waals surface area contributed by atoms with Crippen LogP contribution in [0.15, 0.2) is 58.4 Å². The maximum atomic E-state index is 13.3. The molecule has 0 atom stereocenters. The molecule has 0 unspecified atom stereocenters. The number of amides is 1. The Morgan fingerprint density at radius 2 is 2.06 bits per heavy atom. The Labute approximate surface area is 198 Å². The van der Waals surface area contributed by atoms with E-state index in [2.05, 4.69) is 9.98 Å². The number of aryl methyl sites for hydroxylation is 2. The number of benzene rings is 1. The Morgan fingerprint density at radius 3 is 2.77 bits per heavy atom. The third-order valence-electron chi connectivity index (χ3n) is 5.47. The van der Waals surface area contributed by atoms with E-state index in [1.165, 1.54) is 28.7 Å². The number of nitrogens with zero attached hydrogens (tertiary/aromatic N) is 6. The fourth-order valence-corrected chi connectivity index (χ4v) is 3.78. The molecule has 0 fully saturated rings. The standard InChI is InChI=1S/C24H20N6O5/c1-15-6-4-9-29-20(15)26-22-19(24(29)32)13-17(14-25)21(28(22)10-5-11-35-2)27-23(31)16-7-3-8-18(12-16)30(33)34/h3-4,6-9,12-13H,5,10-11H2,1-2H3. The van der Waals surface area contributed by atoms with Gasteiger partial charge < -0.3 is 9.30 Å². The molecule has 4 rings (SSSR count). The number of nitriles is 1. The number of rotatable bonds is 6. The minimum atomic E-state index is -0.765. The molecule has 0 aliphatic rings. The Balaban J connectivity index is 2.05. The average Bonchev–Trinajstić information content (AvgIpc) is 2.86. The molecule has 11 heteroatoms. The number of hydrogen-bond acceptors (Lipinski definition) is 7. The zero-order valence-electron chi connectivity index (χ0n) is 19.0. The molecule has 0 saturated carbocycles. The highest BCUT2D eigenvalue weighted by Crippen LogP contribution is 2.15. The predicted molar refractivity (Wildman–Crippen MR) is 126 cm³/mol. The van der Waals surface area contributed by atoms with Crippen LogP contribution < -0.4 is 11.0 Å². The van der Waals surface area contributed by atoms with Gasteiger partial charge in [0.1, 0.15) is 17.4 Å². The van der Waals surface area contributed by atoms with Gasteiger partial charge >= 0.3 is 0 Å². The van der Waals surface area contributed by atoms with Gasteiger partial charge in [-0.05, 0) is 37.1 Å². The molecule has 0 bridgehead atoms. The van der Waals surface area contributed by atoms with Crippen molar-refractivity contribution in [1.82, 2.24) is 14.0 Å². The fraction of sp³-hybridized carbons (Fsp3) is 0.208. The third kappa shape index (κ3) is 4.42. The van der Waals surface area contributed by atoms with Crippen molar-refractivity contribution < 1.29 is 14.5 Å². The summed E-state index contributed by atoms with van der Waals surface area (Å²) >= 11 is 0. The van der Waals surface area contributed by atoms with Crippen LogP contribution in [0.4, 0.5) is 5.69 Å². The molecule has 4 aromatic rings. The van der Waals surface area contributed by atoms with Crippen LogP contribution >= 0.6 is 0 Å². The van der Waals surface area contributed by atoms with Crippen molar-refractivity contribution in [3.05, 3.63) is 91.3 Å². The Bertz CT molecular complexity index is 1660. The molecule has 11 nitrogen and oxygen atoms in total. The molecule has 1 aromatic carbocycles. The highest BCUT2D eigenvalue weighted by atomic mass is 16.6.